The fraction of sp³-hybridized carbons (Fsp3) is 0.529. The number of hydrogen-bond acceptors (Lipinski definition) is 2. The smallest absolute Gasteiger partial charge is 0.128 e. The molecule has 3 rings (SSSR count). The SMILES string of the molecule is CCCOc1cccc2c1ccn2CCCNC1CC1. The summed E-state index contributed by atoms with van der Waals surface area (Å²) in [5, 5.41) is 4.80. The molecule has 1 aliphatic rings. The zero-order valence-corrected chi connectivity index (χ0v) is 12.3. The number of aromatic nitrogens is 1. The lowest BCUT2D eigenvalue weighted by Crippen LogP contribution is -2.18. The Morgan fingerprint density at radius 2 is 2.20 bits per heavy atom. The normalized spacial score (nSPS) is 14.8. The maximum absolute atomic E-state index is 5.82. The summed E-state index contributed by atoms with van der Waals surface area (Å²) in [5.74, 6) is 1.01. The number of nitrogens with one attached hydrogen (secondary N) is 1. The number of rotatable bonds is 8. The van der Waals surface area contributed by atoms with Crippen molar-refractivity contribution in [2.75, 3.05) is 13.2 Å². The van der Waals surface area contributed by atoms with Gasteiger partial charge in [0.2, 0.25) is 0 Å². The Morgan fingerprint density at radius 3 is 3.00 bits per heavy atom. The standard InChI is InChI=1S/C17H24N2O/c1-2-13-20-17-6-3-5-16-15(17)9-12-19(16)11-4-10-18-14-7-8-14/h3,5-6,9,12,14,18H,2,4,7-8,10-11,13H2,1H3. The number of fused-ring (bicyclic) bond motifs is 1. The van der Waals surface area contributed by atoms with Crippen molar-refractivity contribution in [3.63, 3.8) is 0 Å². The van der Waals surface area contributed by atoms with Crippen LogP contribution in [0.5, 0.6) is 5.75 Å². The highest BCUT2D eigenvalue weighted by atomic mass is 16.5. The predicted octanol–water partition coefficient (Wildman–Crippen LogP) is 3.57. The third-order valence-electron chi connectivity index (χ3n) is 3.82. The molecular formula is C17H24N2O. The summed E-state index contributed by atoms with van der Waals surface area (Å²) < 4.78 is 8.16. The maximum Gasteiger partial charge on any atom is 0.128 e. The van der Waals surface area contributed by atoms with E-state index in [1.807, 2.05) is 0 Å². The fourth-order valence-electron chi connectivity index (χ4n) is 2.57. The van der Waals surface area contributed by atoms with Crippen LogP contribution in [0.25, 0.3) is 10.9 Å². The summed E-state index contributed by atoms with van der Waals surface area (Å²) >= 11 is 0. The van der Waals surface area contributed by atoms with Gasteiger partial charge in [0.25, 0.3) is 0 Å². The molecule has 3 heteroatoms. The van der Waals surface area contributed by atoms with Crippen molar-refractivity contribution in [3.05, 3.63) is 30.5 Å². The third kappa shape index (κ3) is 3.15. The molecule has 0 amide bonds. The minimum absolute atomic E-state index is 0.787. The number of hydrogen-bond donors (Lipinski definition) is 1. The molecule has 0 aliphatic heterocycles. The van der Waals surface area contributed by atoms with E-state index in [4.69, 9.17) is 4.74 Å². The van der Waals surface area contributed by atoms with Crippen molar-refractivity contribution in [1.82, 2.24) is 9.88 Å². The van der Waals surface area contributed by atoms with E-state index in [9.17, 15) is 0 Å². The molecule has 108 valence electrons. The van der Waals surface area contributed by atoms with Crippen LogP contribution in [0.3, 0.4) is 0 Å². The average molecular weight is 272 g/mol. The molecule has 0 saturated heterocycles. The van der Waals surface area contributed by atoms with Gasteiger partial charge in [-0.2, -0.15) is 0 Å². The van der Waals surface area contributed by atoms with Crippen LogP contribution in [-0.4, -0.2) is 23.8 Å². The van der Waals surface area contributed by atoms with E-state index in [-0.39, 0.29) is 0 Å². The Labute approximate surface area is 120 Å². The van der Waals surface area contributed by atoms with Gasteiger partial charge >= 0.3 is 0 Å². The fourth-order valence-corrected chi connectivity index (χ4v) is 2.57. The van der Waals surface area contributed by atoms with Gasteiger partial charge in [-0.25, -0.2) is 0 Å². The minimum atomic E-state index is 0.787. The molecule has 1 aliphatic carbocycles. The van der Waals surface area contributed by atoms with Crippen LogP contribution in [0.2, 0.25) is 0 Å². The summed E-state index contributed by atoms with van der Waals surface area (Å²) in [4.78, 5) is 0. The number of nitrogens with zero attached hydrogens (tertiary/aromatic N) is 1. The lowest BCUT2D eigenvalue weighted by Gasteiger charge is -2.08. The van der Waals surface area contributed by atoms with Crippen LogP contribution in [0.1, 0.15) is 32.6 Å². The summed E-state index contributed by atoms with van der Waals surface area (Å²) in [7, 11) is 0. The van der Waals surface area contributed by atoms with E-state index in [1.54, 1.807) is 0 Å². The largest absolute Gasteiger partial charge is 0.493 e. The van der Waals surface area contributed by atoms with Gasteiger partial charge in [0, 0.05) is 24.2 Å². The number of ether oxygens (including phenoxy) is 1. The van der Waals surface area contributed by atoms with Gasteiger partial charge in [-0.15, -0.1) is 0 Å². The summed E-state index contributed by atoms with van der Waals surface area (Å²) in [5.41, 5.74) is 1.28. The summed E-state index contributed by atoms with van der Waals surface area (Å²) in [6.07, 6.45) is 7.14. The molecule has 20 heavy (non-hydrogen) atoms. The summed E-state index contributed by atoms with van der Waals surface area (Å²) in [6, 6.07) is 9.32. The molecule has 1 fully saturated rings. The van der Waals surface area contributed by atoms with Gasteiger partial charge in [0.1, 0.15) is 5.75 Å². The van der Waals surface area contributed by atoms with Crippen LogP contribution >= 0.6 is 0 Å². The highest BCUT2D eigenvalue weighted by molar-refractivity contribution is 5.86. The van der Waals surface area contributed by atoms with Gasteiger partial charge in [-0.3, -0.25) is 0 Å². The molecule has 1 N–H and O–H groups in total. The lowest BCUT2D eigenvalue weighted by molar-refractivity contribution is 0.321. The molecule has 1 saturated carbocycles. The van der Waals surface area contributed by atoms with Gasteiger partial charge in [-0.1, -0.05) is 13.0 Å². The number of aryl methyl sites for hydroxylation is 1. The topological polar surface area (TPSA) is 26.2 Å². The monoisotopic (exact) mass is 272 g/mol. The molecule has 1 aromatic heterocycles. The number of benzene rings is 1. The van der Waals surface area contributed by atoms with Gasteiger partial charge in [-0.05, 0) is 50.4 Å². The molecule has 1 aromatic carbocycles. The minimum Gasteiger partial charge on any atom is -0.493 e. The second-order valence-corrected chi connectivity index (χ2v) is 5.63. The first kappa shape index (κ1) is 13.5. The first-order valence-electron chi connectivity index (χ1n) is 7.82. The molecule has 2 aromatic rings. The van der Waals surface area contributed by atoms with Crippen molar-refractivity contribution in [3.8, 4) is 5.75 Å². The van der Waals surface area contributed by atoms with Crippen molar-refractivity contribution in [2.45, 2.75) is 45.2 Å². The molecular weight excluding hydrogens is 248 g/mol. The van der Waals surface area contributed by atoms with Crippen molar-refractivity contribution in [1.29, 1.82) is 0 Å². The van der Waals surface area contributed by atoms with Gasteiger partial charge in [0.15, 0.2) is 0 Å². The zero-order chi connectivity index (χ0) is 13.8. The molecule has 0 atom stereocenters. The molecule has 1 heterocycles. The molecule has 3 nitrogen and oxygen atoms in total. The first-order valence-corrected chi connectivity index (χ1v) is 7.82. The summed E-state index contributed by atoms with van der Waals surface area (Å²) in [6.45, 7) is 5.12. The highest BCUT2D eigenvalue weighted by Crippen LogP contribution is 2.27. The third-order valence-corrected chi connectivity index (χ3v) is 3.82. The maximum atomic E-state index is 5.82. The van der Waals surface area contributed by atoms with Gasteiger partial charge < -0.3 is 14.6 Å². The Kier molecular flexibility index (Phi) is 4.26. The molecule has 0 spiro atoms. The van der Waals surface area contributed by atoms with Gasteiger partial charge in [0.05, 0.1) is 12.1 Å². The van der Waals surface area contributed by atoms with E-state index in [1.165, 1.54) is 30.2 Å². The molecule has 0 radical (unpaired) electrons. The van der Waals surface area contributed by atoms with Crippen LogP contribution in [-0.2, 0) is 6.54 Å². The Balaban J connectivity index is 1.64. The average Bonchev–Trinajstić information content (AvgIpc) is 3.21. The molecule has 0 unspecified atom stereocenters. The Bertz CT molecular complexity index is 557. The Morgan fingerprint density at radius 1 is 1.30 bits per heavy atom. The van der Waals surface area contributed by atoms with Crippen LogP contribution in [0, 0.1) is 0 Å². The zero-order valence-electron chi connectivity index (χ0n) is 12.3. The highest BCUT2D eigenvalue weighted by Gasteiger charge is 2.19. The van der Waals surface area contributed by atoms with Crippen LogP contribution < -0.4 is 10.1 Å². The lowest BCUT2D eigenvalue weighted by atomic mass is 10.2. The van der Waals surface area contributed by atoms with Crippen LogP contribution in [0.4, 0.5) is 0 Å². The van der Waals surface area contributed by atoms with Crippen molar-refractivity contribution >= 4 is 10.9 Å². The van der Waals surface area contributed by atoms with Crippen molar-refractivity contribution < 1.29 is 4.74 Å². The first-order chi connectivity index (χ1) is 9.88. The quantitative estimate of drug-likeness (QED) is 0.743. The van der Waals surface area contributed by atoms with Crippen molar-refractivity contribution in [2.24, 2.45) is 0 Å². The Hall–Kier alpha value is -1.48. The second-order valence-electron chi connectivity index (χ2n) is 5.63. The van der Waals surface area contributed by atoms with E-state index in [0.29, 0.717) is 0 Å². The predicted molar refractivity (Wildman–Crippen MR) is 83.4 cm³/mol. The van der Waals surface area contributed by atoms with E-state index in [0.717, 1.165) is 37.9 Å². The van der Waals surface area contributed by atoms with Crippen LogP contribution in [0.15, 0.2) is 30.5 Å². The second kappa shape index (κ2) is 6.31. The van der Waals surface area contributed by atoms with E-state index >= 15 is 0 Å². The van der Waals surface area contributed by atoms with E-state index < -0.39 is 0 Å². The van der Waals surface area contributed by atoms with E-state index in [2.05, 4.69) is 47.3 Å². The molecule has 0 bridgehead atoms.